The summed E-state index contributed by atoms with van der Waals surface area (Å²) in [4.78, 5) is 4.64. The number of piperazine rings is 1. The van der Waals surface area contributed by atoms with Gasteiger partial charge < -0.3 is 14.4 Å². The highest BCUT2D eigenvalue weighted by molar-refractivity contribution is 5.47. The van der Waals surface area contributed by atoms with E-state index in [9.17, 15) is 4.39 Å². The fourth-order valence-corrected chi connectivity index (χ4v) is 4.18. The lowest BCUT2D eigenvalue weighted by Gasteiger charge is -2.40. The molecule has 1 saturated heterocycles. The van der Waals surface area contributed by atoms with Crippen LogP contribution in [0.2, 0.25) is 0 Å². The standard InChI is InChI=1S/C23H29FN6O2/c1-16(2)30-23(25-26-27-30)22(20-10-9-19(31-3)15-21(20)32-4)29-13-11-28(12-14-29)18-7-5-17(24)6-8-18/h5-10,15-16,22H,11-14H2,1-4H3/t22-/m1/s1. The molecule has 1 fully saturated rings. The molecule has 0 spiro atoms. The van der Waals surface area contributed by atoms with E-state index in [1.807, 2.05) is 35.0 Å². The largest absolute Gasteiger partial charge is 0.497 e. The Morgan fingerprint density at radius 1 is 0.938 bits per heavy atom. The van der Waals surface area contributed by atoms with E-state index >= 15 is 0 Å². The van der Waals surface area contributed by atoms with Gasteiger partial charge in [-0.2, -0.15) is 0 Å². The van der Waals surface area contributed by atoms with Crippen LogP contribution in [-0.2, 0) is 0 Å². The Hall–Kier alpha value is -3.20. The molecule has 3 aromatic rings. The van der Waals surface area contributed by atoms with E-state index in [0.717, 1.165) is 54.8 Å². The molecule has 0 amide bonds. The molecule has 9 heteroatoms. The number of hydrogen-bond acceptors (Lipinski definition) is 7. The minimum Gasteiger partial charge on any atom is -0.497 e. The maximum atomic E-state index is 13.3. The second-order valence-corrected chi connectivity index (χ2v) is 8.09. The highest BCUT2D eigenvalue weighted by Gasteiger charge is 2.33. The van der Waals surface area contributed by atoms with Gasteiger partial charge in [-0.3, -0.25) is 4.90 Å². The van der Waals surface area contributed by atoms with Gasteiger partial charge in [0.15, 0.2) is 5.82 Å². The number of rotatable bonds is 7. The number of aromatic nitrogens is 4. The molecule has 0 radical (unpaired) electrons. The quantitative estimate of drug-likeness (QED) is 0.558. The average Bonchev–Trinajstić information content (AvgIpc) is 3.30. The third-order valence-corrected chi connectivity index (χ3v) is 5.86. The van der Waals surface area contributed by atoms with E-state index in [-0.39, 0.29) is 17.9 Å². The molecule has 0 N–H and O–H groups in total. The molecule has 1 aliphatic heterocycles. The van der Waals surface area contributed by atoms with E-state index in [1.54, 1.807) is 14.2 Å². The van der Waals surface area contributed by atoms with E-state index < -0.39 is 0 Å². The molecule has 1 aliphatic rings. The Balaban J connectivity index is 1.66. The van der Waals surface area contributed by atoms with Crippen molar-refractivity contribution in [3.8, 4) is 11.5 Å². The van der Waals surface area contributed by atoms with Gasteiger partial charge in [0.1, 0.15) is 23.4 Å². The predicted molar refractivity (Wildman–Crippen MR) is 120 cm³/mol. The van der Waals surface area contributed by atoms with Crippen molar-refractivity contribution >= 4 is 5.69 Å². The van der Waals surface area contributed by atoms with Crippen molar-refractivity contribution in [1.29, 1.82) is 0 Å². The van der Waals surface area contributed by atoms with Gasteiger partial charge in [-0.15, -0.1) is 5.10 Å². The van der Waals surface area contributed by atoms with Gasteiger partial charge in [0.2, 0.25) is 0 Å². The molecule has 0 bridgehead atoms. The van der Waals surface area contributed by atoms with Crippen molar-refractivity contribution in [3.63, 3.8) is 0 Å². The number of nitrogens with zero attached hydrogens (tertiary/aromatic N) is 6. The number of ether oxygens (including phenoxy) is 2. The number of halogens is 1. The van der Waals surface area contributed by atoms with Gasteiger partial charge in [0.25, 0.3) is 0 Å². The summed E-state index contributed by atoms with van der Waals surface area (Å²) in [7, 11) is 3.30. The molecule has 1 aromatic heterocycles. The van der Waals surface area contributed by atoms with Crippen LogP contribution in [0.25, 0.3) is 0 Å². The highest BCUT2D eigenvalue weighted by Crippen LogP contribution is 2.37. The predicted octanol–water partition coefficient (Wildman–Crippen LogP) is 3.32. The molecule has 4 rings (SSSR count). The summed E-state index contributed by atoms with van der Waals surface area (Å²) in [5.41, 5.74) is 2.01. The fraction of sp³-hybridized carbons (Fsp3) is 0.435. The minimum absolute atomic E-state index is 0.118. The fourth-order valence-electron chi connectivity index (χ4n) is 4.18. The van der Waals surface area contributed by atoms with Gasteiger partial charge in [0.05, 0.1) is 20.3 Å². The summed E-state index contributed by atoms with van der Waals surface area (Å²) in [6.07, 6.45) is 0. The first-order valence-corrected chi connectivity index (χ1v) is 10.8. The summed E-state index contributed by atoms with van der Waals surface area (Å²) >= 11 is 0. The van der Waals surface area contributed by atoms with Gasteiger partial charge in [0, 0.05) is 43.5 Å². The summed E-state index contributed by atoms with van der Waals surface area (Å²) in [5.74, 6) is 2.01. The molecular weight excluding hydrogens is 411 g/mol. The average molecular weight is 441 g/mol. The Kier molecular flexibility index (Phi) is 6.55. The number of hydrogen-bond donors (Lipinski definition) is 0. The van der Waals surface area contributed by atoms with Crippen LogP contribution in [-0.4, -0.2) is 65.5 Å². The van der Waals surface area contributed by atoms with Crippen molar-refractivity contribution < 1.29 is 13.9 Å². The van der Waals surface area contributed by atoms with Crippen LogP contribution in [0.4, 0.5) is 10.1 Å². The molecular formula is C23H29FN6O2. The van der Waals surface area contributed by atoms with E-state index in [2.05, 4.69) is 39.2 Å². The Morgan fingerprint density at radius 3 is 2.28 bits per heavy atom. The van der Waals surface area contributed by atoms with Crippen molar-refractivity contribution in [2.75, 3.05) is 45.3 Å². The van der Waals surface area contributed by atoms with Crippen molar-refractivity contribution in [3.05, 3.63) is 59.7 Å². The lowest BCUT2D eigenvalue weighted by Crippen LogP contribution is -2.48. The molecule has 2 aromatic carbocycles. The van der Waals surface area contributed by atoms with E-state index in [0.29, 0.717) is 0 Å². The van der Waals surface area contributed by atoms with Crippen LogP contribution in [0.5, 0.6) is 11.5 Å². The van der Waals surface area contributed by atoms with Crippen LogP contribution in [0.3, 0.4) is 0 Å². The summed E-state index contributed by atoms with van der Waals surface area (Å²) in [6, 6.07) is 12.4. The van der Waals surface area contributed by atoms with Gasteiger partial charge >= 0.3 is 0 Å². The lowest BCUT2D eigenvalue weighted by molar-refractivity contribution is 0.195. The monoisotopic (exact) mass is 440 g/mol. The number of anilines is 1. The molecule has 8 nitrogen and oxygen atoms in total. The lowest BCUT2D eigenvalue weighted by atomic mass is 10.0. The number of tetrazole rings is 1. The Morgan fingerprint density at radius 2 is 1.66 bits per heavy atom. The van der Waals surface area contributed by atoms with Crippen molar-refractivity contribution in [2.24, 2.45) is 0 Å². The van der Waals surface area contributed by atoms with Gasteiger partial charge in [-0.1, -0.05) is 0 Å². The van der Waals surface area contributed by atoms with E-state index in [1.165, 1.54) is 12.1 Å². The molecule has 2 heterocycles. The van der Waals surface area contributed by atoms with Gasteiger partial charge in [-0.05, 0) is 60.7 Å². The van der Waals surface area contributed by atoms with Crippen LogP contribution in [0, 0.1) is 5.82 Å². The Labute approximate surface area is 187 Å². The maximum Gasteiger partial charge on any atom is 0.173 e. The molecule has 32 heavy (non-hydrogen) atoms. The normalized spacial score (nSPS) is 15.8. The molecule has 0 unspecified atom stereocenters. The second-order valence-electron chi connectivity index (χ2n) is 8.09. The topological polar surface area (TPSA) is 68.5 Å². The SMILES string of the molecule is COc1ccc([C@H](c2nnnn2C(C)C)N2CCN(c3ccc(F)cc3)CC2)c(OC)c1. The van der Waals surface area contributed by atoms with Crippen LogP contribution < -0.4 is 14.4 Å². The first kappa shape index (κ1) is 22.0. The third kappa shape index (κ3) is 4.38. The Bertz CT molecular complexity index is 1030. The van der Waals surface area contributed by atoms with Crippen LogP contribution in [0.1, 0.15) is 37.3 Å². The first-order valence-electron chi connectivity index (χ1n) is 10.8. The smallest absolute Gasteiger partial charge is 0.173 e. The highest BCUT2D eigenvalue weighted by atomic mass is 19.1. The molecule has 170 valence electrons. The first-order chi connectivity index (χ1) is 15.5. The summed E-state index contributed by atoms with van der Waals surface area (Å²) in [6.45, 7) is 7.33. The maximum absolute atomic E-state index is 13.3. The molecule has 0 aliphatic carbocycles. The zero-order valence-corrected chi connectivity index (χ0v) is 18.9. The summed E-state index contributed by atoms with van der Waals surface area (Å²) < 4.78 is 26.3. The molecule has 1 atom stereocenters. The van der Waals surface area contributed by atoms with Crippen LogP contribution in [0.15, 0.2) is 42.5 Å². The minimum atomic E-state index is -0.223. The van der Waals surface area contributed by atoms with Crippen molar-refractivity contribution in [2.45, 2.75) is 25.9 Å². The van der Waals surface area contributed by atoms with Crippen molar-refractivity contribution in [1.82, 2.24) is 25.1 Å². The van der Waals surface area contributed by atoms with Crippen LogP contribution >= 0.6 is 0 Å². The number of benzene rings is 2. The number of methoxy groups -OCH3 is 2. The van der Waals surface area contributed by atoms with Gasteiger partial charge in [-0.25, -0.2) is 9.07 Å². The zero-order chi connectivity index (χ0) is 22.7. The molecule has 0 saturated carbocycles. The second kappa shape index (κ2) is 9.52. The van der Waals surface area contributed by atoms with E-state index in [4.69, 9.17) is 9.47 Å². The third-order valence-electron chi connectivity index (χ3n) is 5.86. The zero-order valence-electron chi connectivity index (χ0n) is 18.9. The summed E-state index contributed by atoms with van der Waals surface area (Å²) in [5, 5.41) is 12.6.